The monoisotopic (exact) mass is 466 g/mol. The van der Waals surface area contributed by atoms with E-state index in [2.05, 4.69) is 9.97 Å². The van der Waals surface area contributed by atoms with Crippen molar-refractivity contribution < 1.29 is 14.3 Å². The largest absolute Gasteiger partial charge is 0.495 e. The number of nitrogens with zero attached hydrogens (tertiary/aromatic N) is 4. The van der Waals surface area contributed by atoms with Crippen molar-refractivity contribution in [3.05, 3.63) is 76.8 Å². The molecule has 1 aliphatic heterocycles. The summed E-state index contributed by atoms with van der Waals surface area (Å²) in [5.41, 5.74) is 2.94. The van der Waals surface area contributed by atoms with Crippen LogP contribution in [0.15, 0.2) is 54.8 Å². The van der Waals surface area contributed by atoms with Gasteiger partial charge in [-0.3, -0.25) is 4.79 Å². The van der Waals surface area contributed by atoms with Crippen LogP contribution < -0.4 is 4.74 Å². The van der Waals surface area contributed by atoms with Crippen LogP contribution in [-0.4, -0.2) is 44.6 Å². The van der Waals surface area contributed by atoms with Gasteiger partial charge in [-0.15, -0.1) is 0 Å². The highest BCUT2D eigenvalue weighted by molar-refractivity contribution is 6.29. The van der Waals surface area contributed by atoms with Gasteiger partial charge in [0.15, 0.2) is 5.76 Å². The Morgan fingerprint density at radius 1 is 1.24 bits per heavy atom. The lowest BCUT2D eigenvalue weighted by Gasteiger charge is -2.42. The predicted molar refractivity (Wildman–Crippen MR) is 127 cm³/mol. The first-order valence-corrected chi connectivity index (χ1v) is 11.1. The van der Waals surface area contributed by atoms with Gasteiger partial charge in [0.1, 0.15) is 16.5 Å². The molecule has 0 spiro atoms. The van der Waals surface area contributed by atoms with Gasteiger partial charge in [-0.1, -0.05) is 17.7 Å². The molecule has 1 fully saturated rings. The number of aromatic nitrogens is 3. The molecule has 8 heteroatoms. The van der Waals surface area contributed by atoms with Gasteiger partial charge in [-0.25, -0.2) is 9.97 Å². The number of hydrogen-bond donors (Lipinski definition) is 0. The highest BCUT2D eigenvalue weighted by Crippen LogP contribution is 2.33. The fourth-order valence-corrected chi connectivity index (χ4v) is 4.14. The average Bonchev–Trinajstić information content (AvgIpc) is 3.21. The SMILES string of the molecule is COc1cc(C=C2OC(C)(C)CN([C@@H](C)c3ccnc(Cl)c3)C2=O)ccc1-n1cnc(C)c1. The van der Waals surface area contributed by atoms with Crippen LogP contribution in [0.3, 0.4) is 0 Å². The number of morpholine rings is 1. The Bertz CT molecular complexity index is 1220. The van der Waals surface area contributed by atoms with Crippen LogP contribution in [0, 0.1) is 6.92 Å². The molecule has 1 atom stereocenters. The van der Waals surface area contributed by atoms with Crippen molar-refractivity contribution in [1.82, 2.24) is 19.4 Å². The quantitative estimate of drug-likeness (QED) is 0.392. The van der Waals surface area contributed by atoms with Crippen LogP contribution in [-0.2, 0) is 9.53 Å². The molecule has 1 amide bonds. The van der Waals surface area contributed by atoms with Crippen LogP contribution in [0.5, 0.6) is 5.75 Å². The zero-order valence-electron chi connectivity index (χ0n) is 19.4. The Hall–Kier alpha value is -3.32. The van der Waals surface area contributed by atoms with Gasteiger partial charge < -0.3 is 18.9 Å². The summed E-state index contributed by atoms with van der Waals surface area (Å²) in [7, 11) is 1.62. The molecule has 4 rings (SSSR count). The maximum absolute atomic E-state index is 13.4. The minimum atomic E-state index is -0.552. The van der Waals surface area contributed by atoms with E-state index in [9.17, 15) is 4.79 Å². The van der Waals surface area contributed by atoms with E-state index in [0.29, 0.717) is 17.4 Å². The zero-order valence-corrected chi connectivity index (χ0v) is 20.1. The van der Waals surface area contributed by atoms with Gasteiger partial charge in [0.05, 0.1) is 37.4 Å². The molecule has 33 heavy (non-hydrogen) atoms. The first-order valence-electron chi connectivity index (χ1n) is 10.7. The molecule has 0 N–H and O–H groups in total. The maximum Gasteiger partial charge on any atom is 0.289 e. The lowest BCUT2D eigenvalue weighted by Crippen LogP contribution is -2.51. The molecule has 3 aromatic rings. The molecular formula is C25H27ClN4O3. The molecule has 0 radical (unpaired) electrons. The number of pyridine rings is 1. The fourth-order valence-electron chi connectivity index (χ4n) is 3.96. The van der Waals surface area contributed by atoms with Crippen molar-refractivity contribution >= 4 is 23.6 Å². The fraction of sp³-hybridized carbons (Fsp3) is 0.320. The molecule has 1 aromatic carbocycles. The molecule has 7 nitrogen and oxygen atoms in total. The maximum atomic E-state index is 13.4. The van der Waals surface area contributed by atoms with Crippen molar-refractivity contribution in [1.29, 1.82) is 0 Å². The number of carbonyl (C=O) groups is 1. The summed E-state index contributed by atoms with van der Waals surface area (Å²) in [5.74, 6) is 0.774. The number of imidazole rings is 1. The number of methoxy groups -OCH3 is 1. The first-order chi connectivity index (χ1) is 15.7. The number of halogens is 1. The van der Waals surface area contributed by atoms with Gasteiger partial charge >= 0.3 is 0 Å². The number of rotatable bonds is 5. The van der Waals surface area contributed by atoms with Crippen LogP contribution >= 0.6 is 11.6 Å². The molecule has 1 aliphatic rings. The third kappa shape index (κ3) is 4.88. The zero-order chi connectivity index (χ0) is 23.8. The van der Waals surface area contributed by atoms with Crippen LogP contribution in [0.1, 0.15) is 43.6 Å². The summed E-state index contributed by atoms with van der Waals surface area (Å²) in [5, 5.41) is 0.398. The molecule has 172 valence electrons. The first kappa shape index (κ1) is 22.9. The summed E-state index contributed by atoms with van der Waals surface area (Å²) < 4.78 is 13.6. The van der Waals surface area contributed by atoms with E-state index in [1.807, 2.05) is 62.7 Å². The van der Waals surface area contributed by atoms with Crippen molar-refractivity contribution in [2.75, 3.05) is 13.7 Å². The highest BCUT2D eigenvalue weighted by Gasteiger charge is 2.39. The van der Waals surface area contributed by atoms with Crippen LogP contribution in [0.4, 0.5) is 0 Å². The summed E-state index contributed by atoms with van der Waals surface area (Å²) >= 11 is 6.08. The minimum Gasteiger partial charge on any atom is -0.495 e. The number of ether oxygens (including phenoxy) is 2. The second kappa shape index (κ2) is 8.90. The minimum absolute atomic E-state index is 0.178. The van der Waals surface area contributed by atoms with Crippen molar-refractivity contribution in [2.24, 2.45) is 0 Å². The van der Waals surface area contributed by atoms with Crippen LogP contribution in [0.2, 0.25) is 5.15 Å². The summed E-state index contributed by atoms with van der Waals surface area (Å²) in [6.45, 7) is 8.30. The molecule has 0 unspecified atom stereocenters. The molecule has 0 saturated carbocycles. The summed E-state index contributed by atoms with van der Waals surface area (Å²) in [4.78, 5) is 23.5. The Labute approximate surface area is 198 Å². The van der Waals surface area contributed by atoms with Crippen molar-refractivity contribution in [3.8, 4) is 11.4 Å². The topological polar surface area (TPSA) is 69.5 Å². The molecule has 0 bridgehead atoms. The molecule has 2 aromatic heterocycles. The molecule has 3 heterocycles. The standard InChI is InChI=1S/C25H27ClN4O3/c1-16-13-29(15-28-16)20-7-6-18(10-21(20)32-5)11-22-24(31)30(14-25(3,4)33-22)17(2)19-8-9-27-23(26)12-19/h6-13,15,17H,14H2,1-5H3/t17-/m0/s1. The summed E-state index contributed by atoms with van der Waals surface area (Å²) in [6, 6.07) is 9.21. The Morgan fingerprint density at radius 2 is 2.03 bits per heavy atom. The van der Waals surface area contributed by atoms with Gasteiger partial charge in [0.2, 0.25) is 0 Å². The molecule has 1 saturated heterocycles. The van der Waals surface area contributed by atoms with E-state index < -0.39 is 5.60 Å². The normalized spacial score (nSPS) is 17.7. The number of amides is 1. The van der Waals surface area contributed by atoms with E-state index in [1.54, 1.807) is 36.7 Å². The van der Waals surface area contributed by atoms with Gasteiger partial charge in [-0.2, -0.15) is 0 Å². The number of aryl methyl sites for hydroxylation is 1. The number of hydrogen-bond acceptors (Lipinski definition) is 5. The third-order valence-electron chi connectivity index (χ3n) is 5.60. The van der Waals surface area contributed by atoms with Gasteiger partial charge in [0, 0.05) is 12.4 Å². The Morgan fingerprint density at radius 3 is 2.70 bits per heavy atom. The van der Waals surface area contributed by atoms with Gasteiger partial charge in [-0.05, 0) is 69.2 Å². The van der Waals surface area contributed by atoms with E-state index in [1.165, 1.54) is 0 Å². The van der Waals surface area contributed by atoms with Crippen molar-refractivity contribution in [2.45, 2.75) is 39.3 Å². The second-order valence-corrected chi connectivity index (χ2v) is 9.13. The average molecular weight is 467 g/mol. The second-order valence-electron chi connectivity index (χ2n) is 8.74. The van der Waals surface area contributed by atoms with Gasteiger partial charge in [0.25, 0.3) is 5.91 Å². The lowest BCUT2D eigenvalue weighted by atomic mass is 10.0. The third-order valence-corrected chi connectivity index (χ3v) is 5.81. The van der Waals surface area contributed by atoms with E-state index in [4.69, 9.17) is 21.1 Å². The highest BCUT2D eigenvalue weighted by atomic mass is 35.5. The van der Waals surface area contributed by atoms with E-state index >= 15 is 0 Å². The molecule has 0 aliphatic carbocycles. The van der Waals surface area contributed by atoms with E-state index in [0.717, 1.165) is 22.5 Å². The van der Waals surface area contributed by atoms with E-state index in [-0.39, 0.29) is 17.7 Å². The number of carbonyl (C=O) groups excluding carboxylic acids is 1. The van der Waals surface area contributed by atoms with Crippen molar-refractivity contribution in [3.63, 3.8) is 0 Å². The number of benzene rings is 1. The summed E-state index contributed by atoms with van der Waals surface area (Å²) in [6.07, 6.45) is 7.08. The smallest absolute Gasteiger partial charge is 0.289 e. The van der Waals surface area contributed by atoms with Crippen LogP contribution in [0.25, 0.3) is 11.8 Å². The predicted octanol–water partition coefficient (Wildman–Crippen LogP) is 4.98. The Kier molecular flexibility index (Phi) is 6.17. The lowest BCUT2D eigenvalue weighted by molar-refractivity contribution is -0.149. The Balaban J connectivity index is 1.67. The molecular weight excluding hydrogens is 440 g/mol.